The summed E-state index contributed by atoms with van der Waals surface area (Å²) in [4.78, 5) is 17.2. The van der Waals surface area contributed by atoms with Crippen molar-refractivity contribution in [3.63, 3.8) is 0 Å². The van der Waals surface area contributed by atoms with Crippen LogP contribution in [-0.2, 0) is 0 Å². The van der Waals surface area contributed by atoms with Gasteiger partial charge in [0.2, 0.25) is 0 Å². The first kappa shape index (κ1) is 21.9. The van der Waals surface area contributed by atoms with E-state index in [9.17, 15) is 14.3 Å². The van der Waals surface area contributed by atoms with Gasteiger partial charge in [-0.05, 0) is 74.2 Å². The first-order valence-electron chi connectivity index (χ1n) is 11.9. The quantitative estimate of drug-likeness (QED) is 0.699. The predicted molar refractivity (Wildman–Crippen MR) is 126 cm³/mol. The molecule has 2 aromatic carbocycles. The minimum absolute atomic E-state index is 0.0681. The molecular formula is C27H30FN3O2. The minimum Gasteiger partial charge on any atom is -0.395 e. The van der Waals surface area contributed by atoms with E-state index in [1.807, 2.05) is 4.90 Å². The van der Waals surface area contributed by atoms with Crippen molar-refractivity contribution in [2.45, 2.75) is 43.7 Å². The molecule has 2 aliphatic heterocycles. The van der Waals surface area contributed by atoms with Crippen LogP contribution in [0.25, 0.3) is 0 Å². The second kappa shape index (κ2) is 9.54. The lowest BCUT2D eigenvalue weighted by atomic mass is 9.74. The third-order valence-electron chi connectivity index (χ3n) is 7.05. The second-order valence-corrected chi connectivity index (χ2v) is 9.34. The summed E-state index contributed by atoms with van der Waals surface area (Å²) < 4.78 is 13.2. The first-order chi connectivity index (χ1) is 16.1. The van der Waals surface area contributed by atoms with E-state index < -0.39 is 0 Å². The number of aliphatic hydroxyl groups is 1. The van der Waals surface area contributed by atoms with Gasteiger partial charge in [0.05, 0.1) is 6.61 Å². The molecule has 2 aromatic rings. The minimum atomic E-state index is -0.327. The number of hydrogen-bond donors (Lipinski definition) is 2. The number of benzene rings is 2. The predicted octanol–water partition coefficient (Wildman–Crippen LogP) is 4.04. The van der Waals surface area contributed by atoms with E-state index in [4.69, 9.17) is 0 Å². The molecule has 2 N–H and O–H groups in total. The van der Waals surface area contributed by atoms with Crippen molar-refractivity contribution in [1.29, 1.82) is 0 Å². The largest absolute Gasteiger partial charge is 0.395 e. The Morgan fingerprint density at radius 3 is 2.48 bits per heavy atom. The molecule has 6 heteroatoms. The summed E-state index contributed by atoms with van der Waals surface area (Å²) in [5.41, 5.74) is 2.80. The van der Waals surface area contributed by atoms with E-state index in [1.165, 1.54) is 30.5 Å². The number of aliphatic hydroxyl groups excluding tert-OH is 1. The lowest BCUT2D eigenvalue weighted by molar-refractivity contribution is -0.0585. The van der Waals surface area contributed by atoms with Crippen LogP contribution in [0.3, 0.4) is 0 Å². The van der Waals surface area contributed by atoms with Crippen LogP contribution in [0.5, 0.6) is 0 Å². The standard InChI is InChI=1S/C27H30FN3O2/c28-22-11-13-23(14-12-22)29-27(33)30-15-1-2-16-31-24(17-30)26(25(31)18-32)21-9-7-20(8-10-21)6-5-19-3-4-19/h7-14,19,24-26,32H,1-4,15-18H2,(H,29,33)/t24-,25+,26-/m0/s1. The fraction of sp³-hybridized carbons (Fsp3) is 0.444. The number of rotatable bonds is 3. The number of amides is 2. The van der Waals surface area contributed by atoms with Gasteiger partial charge in [-0.1, -0.05) is 24.0 Å². The Bertz CT molecular complexity index is 1040. The highest BCUT2D eigenvalue weighted by Crippen LogP contribution is 2.42. The van der Waals surface area contributed by atoms with Gasteiger partial charge < -0.3 is 15.3 Å². The highest BCUT2D eigenvalue weighted by atomic mass is 19.1. The molecule has 5 nitrogen and oxygen atoms in total. The molecule has 3 aliphatic rings. The van der Waals surface area contributed by atoms with Crippen LogP contribution in [0.15, 0.2) is 48.5 Å². The highest BCUT2D eigenvalue weighted by Gasteiger charge is 2.49. The Morgan fingerprint density at radius 1 is 1.06 bits per heavy atom. The van der Waals surface area contributed by atoms with Crippen LogP contribution in [0.1, 0.15) is 42.7 Å². The molecule has 3 atom stereocenters. The molecule has 5 rings (SSSR count). The number of hydrogen-bond acceptors (Lipinski definition) is 3. The summed E-state index contributed by atoms with van der Waals surface area (Å²) in [7, 11) is 0. The molecule has 172 valence electrons. The Morgan fingerprint density at radius 2 is 1.79 bits per heavy atom. The molecule has 2 heterocycles. The lowest BCUT2D eigenvalue weighted by Crippen LogP contribution is -2.68. The number of nitrogens with zero attached hydrogens (tertiary/aromatic N) is 2. The van der Waals surface area contributed by atoms with Crippen LogP contribution < -0.4 is 5.32 Å². The maximum atomic E-state index is 13.2. The van der Waals surface area contributed by atoms with Gasteiger partial charge in [-0.15, -0.1) is 0 Å². The summed E-state index contributed by atoms with van der Waals surface area (Å²) in [6.45, 7) is 2.32. The summed E-state index contributed by atoms with van der Waals surface area (Å²) in [5, 5.41) is 13.0. The monoisotopic (exact) mass is 447 g/mol. The summed E-state index contributed by atoms with van der Waals surface area (Å²) in [6.07, 6.45) is 4.33. The molecule has 33 heavy (non-hydrogen) atoms. The molecule has 3 fully saturated rings. The lowest BCUT2D eigenvalue weighted by Gasteiger charge is -2.57. The molecular weight excluding hydrogens is 417 g/mol. The second-order valence-electron chi connectivity index (χ2n) is 9.34. The highest BCUT2D eigenvalue weighted by molar-refractivity contribution is 5.89. The van der Waals surface area contributed by atoms with E-state index >= 15 is 0 Å². The van der Waals surface area contributed by atoms with Crippen molar-refractivity contribution < 1.29 is 14.3 Å². The van der Waals surface area contributed by atoms with Gasteiger partial charge in [0.25, 0.3) is 0 Å². The number of nitrogens with one attached hydrogen (secondary N) is 1. The van der Waals surface area contributed by atoms with E-state index in [-0.39, 0.29) is 36.5 Å². The molecule has 1 saturated carbocycles. The number of halogens is 1. The molecule has 0 bridgehead atoms. The van der Waals surface area contributed by atoms with E-state index in [2.05, 4.69) is 46.3 Å². The van der Waals surface area contributed by atoms with Gasteiger partial charge in [0, 0.05) is 48.3 Å². The van der Waals surface area contributed by atoms with Crippen molar-refractivity contribution in [3.8, 4) is 11.8 Å². The first-order valence-corrected chi connectivity index (χ1v) is 11.9. The smallest absolute Gasteiger partial charge is 0.321 e. The van der Waals surface area contributed by atoms with Gasteiger partial charge in [-0.3, -0.25) is 4.90 Å². The zero-order chi connectivity index (χ0) is 22.8. The number of urea groups is 1. The number of carbonyl (C=O) groups is 1. The van der Waals surface area contributed by atoms with Crippen LogP contribution in [0.2, 0.25) is 0 Å². The van der Waals surface area contributed by atoms with Crippen molar-refractivity contribution >= 4 is 11.7 Å². The van der Waals surface area contributed by atoms with Crippen molar-refractivity contribution in [3.05, 3.63) is 65.5 Å². The fourth-order valence-electron chi connectivity index (χ4n) is 5.06. The summed E-state index contributed by atoms with van der Waals surface area (Å²) in [6, 6.07) is 14.3. The van der Waals surface area contributed by atoms with Crippen LogP contribution >= 0.6 is 0 Å². The van der Waals surface area contributed by atoms with Gasteiger partial charge in [0.15, 0.2) is 0 Å². The summed E-state index contributed by atoms with van der Waals surface area (Å²) >= 11 is 0. The molecule has 0 spiro atoms. The normalized spacial score (nSPS) is 25.0. The maximum absolute atomic E-state index is 13.2. The van der Waals surface area contributed by atoms with Crippen LogP contribution in [0.4, 0.5) is 14.9 Å². The molecule has 0 radical (unpaired) electrons. The van der Waals surface area contributed by atoms with Crippen molar-refractivity contribution in [2.24, 2.45) is 5.92 Å². The Hall–Kier alpha value is -2.88. The van der Waals surface area contributed by atoms with Crippen LogP contribution in [-0.4, -0.2) is 59.3 Å². The number of anilines is 1. The average molecular weight is 448 g/mol. The molecule has 2 amide bonds. The van der Waals surface area contributed by atoms with Gasteiger partial charge in [-0.2, -0.15) is 0 Å². The number of fused-ring (bicyclic) bond motifs is 1. The molecule has 1 aliphatic carbocycles. The zero-order valence-electron chi connectivity index (χ0n) is 18.7. The third kappa shape index (κ3) is 4.90. The molecule has 0 unspecified atom stereocenters. The van der Waals surface area contributed by atoms with Gasteiger partial charge in [-0.25, -0.2) is 9.18 Å². The van der Waals surface area contributed by atoms with Crippen molar-refractivity contribution in [2.75, 3.05) is 31.6 Å². The maximum Gasteiger partial charge on any atom is 0.321 e. The SMILES string of the molecule is O=C(Nc1ccc(F)cc1)N1CCCCN2[C@H](CO)[C@@H](c3ccc(C#CC4CC4)cc3)[C@@H]2C1. The van der Waals surface area contributed by atoms with E-state index in [1.54, 1.807) is 12.1 Å². The number of carbonyl (C=O) groups excluding carboxylic acids is 1. The molecule has 0 aromatic heterocycles. The fourth-order valence-corrected chi connectivity index (χ4v) is 5.06. The Balaban J connectivity index is 1.31. The average Bonchev–Trinajstić information content (AvgIpc) is 3.63. The van der Waals surface area contributed by atoms with Gasteiger partial charge >= 0.3 is 6.03 Å². The Labute approximate surface area is 194 Å². The third-order valence-corrected chi connectivity index (χ3v) is 7.05. The van der Waals surface area contributed by atoms with E-state index in [0.29, 0.717) is 24.7 Å². The molecule has 2 saturated heterocycles. The van der Waals surface area contributed by atoms with Crippen LogP contribution in [0, 0.1) is 23.6 Å². The summed E-state index contributed by atoms with van der Waals surface area (Å²) in [5.74, 6) is 6.98. The topological polar surface area (TPSA) is 55.8 Å². The van der Waals surface area contributed by atoms with E-state index in [0.717, 1.165) is 24.9 Å². The zero-order valence-corrected chi connectivity index (χ0v) is 18.7. The Kier molecular flexibility index (Phi) is 6.34. The van der Waals surface area contributed by atoms with Crippen molar-refractivity contribution in [1.82, 2.24) is 9.80 Å². The van der Waals surface area contributed by atoms with Gasteiger partial charge in [0.1, 0.15) is 5.82 Å².